The molecular weight excluding hydrogens is 394 g/mol. The Bertz CT molecular complexity index is 978. The van der Waals surface area contributed by atoms with E-state index in [-0.39, 0.29) is 0 Å². The first kappa shape index (κ1) is 20.0. The molecule has 2 saturated carbocycles. The van der Waals surface area contributed by atoms with Crippen LogP contribution >= 0.6 is 0 Å². The van der Waals surface area contributed by atoms with Crippen LogP contribution in [-0.2, 0) is 0 Å². The van der Waals surface area contributed by atoms with Gasteiger partial charge in [-0.3, -0.25) is 5.43 Å². The van der Waals surface area contributed by atoms with Gasteiger partial charge in [0.05, 0.1) is 22.8 Å². The molecule has 0 amide bonds. The first-order chi connectivity index (χ1) is 15.9. The van der Waals surface area contributed by atoms with Crippen molar-refractivity contribution in [3.63, 3.8) is 0 Å². The highest BCUT2D eigenvalue weighted by Gasteiger charge is 2.31. The van der Waals surface area contributed by atoms with Crippen LogP contribution in [-0.4, -0.2) is 12.4 Å². The van der Waals surface area contributed by atoms with E-state index in [1.807, 2.05) is 0 Å². The molecule has 168 valence electrons. The predicted molar refractivity (Wildman–Crippen MR) is 130 cm³/mol. The molecule has 2 fully saturated rings. The number of hydrogen-bond acceptors (Lipinski definition) is 5. The number of hydrogen-bond donors (Lipinski definition) is 4. The maximum absolute atomic E-state index is 5.32. The summed E-state index contributed by atoms with van der Waals surface area (Å²) in [5.74, 6) is 2.48. The fourth-order valence-electron chi connectivity index (χ4n) is 6.14. The fourth-order valence-corrected chi connectivity index (χ4v) is 6.14. The van der Waals surface area contributed by atoms with Gasteiger partial charge in [-0.25, -0.2) is 4.99 Å². The summed E-state index contributed by atoms with van der Waals surface area (Å²) in [4.78, 5) is 5.32. The Hall–Kier alpha value is -2.69. The molecule has 0 spiro atoms. The maximum Gasteiger partial charge on any atom is 0.168 e. The molecule has 0 aromatic rings. The van der Waals surface area contributed by atoms with Crippen LogP contribution in [0.2, 0.25) is 0 Å². The summed E-state index contributed by atoms with van der Waals surface area (Å²) in [6, 6.07) is 0. The molecule has 3 aliphatic carbocycles. The molecule has 3 aliphatic heterocycles. The van der Waals surface area contributed by atoms with Gasteiger partial charge in [-0.2, -0.15) is 0 Å². The summed E-state index contributed by atoms with van der Waals surface area (Å²) in [7, 11) is 0. The minimum absolute atomic E-state index is 0.331. The summed E-state index contributed by atoms with van der Waals surface area (Å²) < 4.78 is 0. The topological polar surface area (TPSA) is 60.5 Å². The van der Waals surface area contributed by atoms with Crippen molar-refractivity contribution < 1.29 is 0 Å². The molecule has 5 heteroatoms. The Kier molecular flexibility index (Phi) is 5.42. The summed E-state index contributed by atoms with van der Waals surface area (Å²) in [5, 5.41) is 7.29. The highest BCUT2D eigenvalue weighted by Crippen LogP contribution is 2.38. The van der Waals surface area contributed by atoms with Crippen molar-refractivity contribution in [3.05, 3.63) is 70.5 Å². The molecule has 0 bridgehead atoms. The zero-order valence-electron chi connectivity index (χ0n) is 18.9. The number of nitrogens with zero attached hydrogens (tertiary/aromatic N) is 1. The molecule has 3 heterocycles. The van der Waals surface area contributed by atoms with Gasteiger partial charge in [-0.15, -0.1) is 0 Å². The van der Waals surface area contributed by atoms with E-state index >= 15 is 0 Å². The Balaban J connectivity index is 1.33. The van der Waals surface area contributed by atoms with Crippen molar-refractivity contribution in [3.8, 4) is 0 Å². The summed E-state index contributed by atoms with van der Waals surface area (Å²) >= 11 is 0. The first-order valence-electron chi connectivity index (χ1n) is 12.7. The van der Waals surface area contributed by atoms with E-state index < -0.39 is 0 Å². The number of allylic oxidation sites excluding steroid dienone is 6. The van der Waals surface area contributed by atoms with Crippen LogP contribution in [0.25, 0.3) is 0 Å². The second-order valence-electron chi connectivity index (χ2n) is 9.99. The molecule has 6 aliphatic rings. The highest BCUT2D eigenvalue weighted by molar-refractivity contribution is 6.00. The zero-order chi connectivity index (χ0) is 21.3. The molecule has 0 radical (unpaired) electrons. The molecule has 32 heavy (non-hydrogen) atoms. The van der Waals surface area contributed by atoms with Gasteiger partial charge in [0.25, 0.3) is 0 Å². The number of amidine groups is 1. The molecule has 0 aromatic heterocycles. The SMILES string of the molecule is C1=CC2C=CC3=CC=C(C4=NC(C5CCCCC5)=C(C5CCCCC5)NN4)NC3=C2NC1. The Labute approximate surface area is 191 Å². The van der Waals surface area contributed by atoms with E-state index in [2.05, 4.69) is 57.9 Å². The molecule has 1 unspecified atom stereocenters. The number of rotatable bonds is 3. The summed E-state index contributed by atoms with van der Waals surface area (Å²) in [6.45, 7) is 0.886. The lowest BCUT2D eigenvalue weighted by Crippen LogP contribution is -2.47. The molecule has 4 N–H and O–H groups in total. The number of hydrazine groups is 1. The first-order valence-corrected chi connectivity index (χ1v) is 12.7. The van der Waals surface area contributed by atoms with Gasteiger partial charge < -0.3 is 16.1 Å². The average Bonchev–Trinajstić information content (AvgIpc) is 2.89. The molecule has 5 nitrogen and oxygen atoms in total. The number of fused-ring (bicyclic) bond motifs is 2. The monoisotopic (exact) mass is 429 g/mol. The third-order valence-corrected chi connectivity index (χ3v) is 7.90. The number of aliphatic imine (C=N–C) groups is 1. The highest BCUT2D eigenvalue weighted by atomic mass is 15.4. The standard InChI is InChI=1S/C27H35N5/c1-3-8-18(9-4-1)25-26(19-10-5-2-6-11-19)31-32-27(30-25)22-16-15-21-14-13-20-12-7-17-28-23(20)24(21)29-22/h7,12-16,18-20,28-29,31H,1-6,8-11,17H2,(H,30,32). The van der Waals surface area contributed by atoms with Crippen molar-refractivity contribution in [2.24, 2.45) is 22.7 Å². The lowest BCUT2D eigenvalue weighted by molar-refractivity contribution is 0.352. The van der Waals surface area contributed by atoms with Crippen LogP contribution in [0.5, 0.6) is 0 Å². The largest absolute Gasteiger partial charge is 0.382 e. The zero-order valence-corrected chi connectivity index (χ0v) is 18.9. The Morgan fingerprint density at radius 1 is 0.781 bits per heavy atom. The van der Waals surface area contributed by atoms with Crippen LogP contribution in [0.3, 0.4) is 0 Å². The van der Waals surface area contributed by atoms with Crippen molar-refractivity contribution >= 4 is 5.84 Å². The van der Waals surface area contributed by atoms with E-state index in [4.69, 9.17) is 4.99 Å². The predicted octanol–water partition coefficient (Wildman–Crippen LogP) is 4.84. The van der Waals surface area contributed by atoms with Gasteiger partial charge in [0.15, 0.2) is 5.84 Å². The Morgan fingerprint density at radius 2 is 1.56 bits per heavy atom. The quantitative estimate of drug-likeness (QED) is 0.485. The molecular formula is C27H35N5. The molecule has 0 saturated heterocycles. The normalized spacial score (nSPS) is 28.4. The second kappa shape index (κ2) is 8.68. The number of dihydropyridines is 1. The van der Waals surface area contributed by atoms with Gasteiger partial charge in [0.1, 0.15) is 0 Å². The van der Waals surface area contributed by atoms with Gasteiger partial charge in [0, 0.05) is 30.0 Å². The van der Waals surface area contributed by atoms with Crippen molar-refractivity contribution in [1.29, 1.82) is 0 Å². The van der Waals surface area contributed by atoms with E-state index in [1.165, 1.54) is 92.6 Å². The van der Waals surface area contributed by atoms with Crippen LogP contribution in [0, 0.1) is 17.8 Å². The van der Waals surface area contributed by atoms with Crippen molar-refractivity contribution in [1.82, 2.24) is 21.5 Å². The van der Waals surface area contributed by atoms with Crippen molar-refractivity contribution in [2.75, 3.05) is 6.54 Å². The third kappa shape index (κ3) is 3.72. The van der Waals surface area contributed by atoms with Gasteiger partial charge in [-0.1, -0.05) is 68.9 Å². The van der Waals surface area contributed by atoms with Crippen molar-refractivity contribution in [2.45, 2.75) is 64.2 Å². The summed E-state index contributed by atoms with van der Waals surface area (Å²) in [5.41, 5.74) is 14.6. The van der Waals surface area contributed by atoms with E-state index in [0.717, 1.165) is 18.1 Å². The fraction of sp³-hybridized carbons (Fsp3) is 0.519. The minimum Gasteiger partial charge on any atom is -0.382 e. The average molecular weight is 430 g/mol. The van der Waals surface area contributed by atoms with Crippen LogP contribution < -0.4 is 21.5 Å². The van der Waals surface area contributed by atoms with Gasteiger partial charge in [0.2, 0.25) is 0 Å². The van der Waals surface area contributed by atoms with E-state index in [9.17, 15) is 0 Å². The van der Waals surface area contributed by atoms with Gasteiger partial charge in [-0.05, 0) is 37.3 Å². The lowest BCUT2D eigenvalue weighted by Gasteiger charge is -2.35. The smallest absolute Gasteiger partial charge is 0.168 e. The Morgan fingerprint density at radius 3 is 2.38 bits per heavy atom. The number of nitrogens with one attached hydrogen (secondary N) is 4. The molecule has 1 atom stereocenters. The lowest BCUT2D eigenvalue weighted by atomic mass is 9.81. The van der Waals surface area contributed by atoms with Crippen LogP contribution in [0.1, 0.15) is 64.2 Å². The molecule has 0 aromatic carbocycles. The van der Waals surface area contributed by atoms with E-state index in [0.29, 0.717) is 17.8 Å². The summed E-state index contributed by atoms with van der Waals surface area (Å²) in [6.07, 6.45) is 26.6. The van der Waals surface area contributed by atoms with E-state index in [1.54, 1.807) is 0 Å². The third-order valence-electron chi connectivity index (χ3n) is 7.90. The molecule has 6 rings (SSSR count). The maximum atomic E-state index is 5.32. The minimum atomic E-state index is 0.331. The second-order valence-corrected chi connectivity index (χ2v) is 9.99. The van der Waals surface area contributed by atoms with Crippen LogP contribution in [0.4, 0.5) is 0 Å². The van der Waals surface area contributed by atoms with Crippen LogP contribution in [0.15, 0.2) is 75.5 Å². The van der Waals surface area contributed by atoms with Gasteiger partial charge >= 0.3 is 0 Å².